The maximum absolute atomic E-state index is 13.7. The lowest BCUT2D eigenvalue weighted by Gasteiger charge is -2.24. The van der Waals surface area contributed by atoms with Crippen LogP contribution in [-0.4, -0.2) is 35.7 Å². The number of hydrogen-bond acceptors (Lipinski definition) is 3. The minimum atomic E-state index is -0.523. The average molecular weight is 294 g/mol. The van der Waals surface area contributed by atoms with E-state index >= 15 is 0 Å². The Morgan fingerprint density at radius 2 is 2.05 bits per heavy atom. The van der Waals surface area contributed by atoms with E-state index in [-0.39, 0.29) is 23.9 Å². The standard InChI is InChI=1S/C16H23FN2O2/c1-16(2,3)21-15(20)19-9-12(14(18)10-19)8-11-6-4-5-7-13(11)17/h4-7,12,14H,8-10,18H2,1-3H3. The molecule has 2 atom stereocenters. The fourth-order valence-electron chi connectivity index (χ4n) is 2.53. The minimum absolute atomic E-state index is 0.0504. The fourth-order valence-corrected chi connectivity index (χ4v) is 2.53. The van der Waals surface area contributed by atoms with Crippen LogP contribution in [0.4, 0.5) is 9.18 Å². The van der Waals surface area contributed by atoms with Crippen molar-refractivity contribution in [3.05, 3.63) is 35.6 Å². The van der Waals surface area contributed by atoms with E-state index < -0.39 is 5.60 Å². The summed E-state index contributed by atoms with van der Waals surface area (Å²) in [6.45, 7) is 6.45. The first kappa shape index (κ1) is 15.8. The molecule has 4 nitrogen and oxygen atoms in total. The predicted molar refractivity (Wildman–Crippen MR) is 79.4 cm³/mol. The Morgan fingerprint density at radius 1 is 1.38 bits per heavy atom. The monoisotopic (exact) mass is 294 g/mol. The molecule has 0 bridgehead atoms. The zero-order chi connectivity index (χ0) is 15.6. The maximum atomic E-state index is 13.7. The first-order valence-corrected chi connectivity index (χ1v) is 7.23. The van der Waals surface area contributed by atoms with Crippen molar-refractivity contribution in [3.8, 4) is 0 Å². The molecule has 0 aromatic heterocycles. The van der Waals surface area contributed by atoms with Crippen LogP contribution in [0.5, 0.6) is 0 Å². The van der Waals surface area contributed by atoms with Crippen molar-refractivity contribution in [2.75, 3.05) is 13.1 Å². The lowest BCUT2D eigenvalue weighted by atomic mass is 9.95. The molecule has 116 valence electrons. The molecule has 1 aliphatic heterocycles. The summed E-state index contributed by atoms with van der Waals surface area (Å²) in [6.07, 6.45) is 0.182. The molecule has 1 fully saturated rings. The zero-order valence-corrected chi connectivity index (χ0v) is 12.8. The van der Waals surface area contributed by atoms with Crippen LogP contribution in [0.15, 0.2) is 24.3 Å². The molecule has 1 aromatic rings. The number of benzene rings is 1. The normalized spacial score (nSPS) is 22.4. The van der Waals surface area contributed by atoms with Crippen molar-refractivity contribution in [2.24, 2.45) is 11.7 Å². The van der Waals surface area contributed by atoms with Gasteiger partial charge in [0.25, 0.3) is 0 Å². The third kappa shape index (κ3) is 4.17. The second-order valence-electron chi connectivity index (χ2n) is 6.60. The summed E-state index contributed by atoms with van der Waals surface area (Å²) < 4.78 is 19.1. The maximum Gasteiger partial charge on any atom is 0.410 e. The van der Waals surface area contributed by atoms with Gasteiger partial charge in [0.05, 0.1) is 0 Å². The summed E-state index contributed by atoms with van der Waals surface area (Å²) in [5.41, 5.74) is 6.22. The molecule has 1 heterocycles. The quantitative estimate of drug-likeness (QED) is 0.912. The smallest absolute Gasteiger partial charge is 0.410 e. The zero-order valence-electron chi connectivity index (χ0n) is 12.8. The highest BCUT2D eigenvalue weighted by Crippen LogP contribution is 2.23. The second kappa shape index (κ2) is 6.02. The topological polar surface area (TPSA) is 55.6 Å². The lowest BCUT2D eigenvalue weighted by Crippen LogP contribution is -2.36. The predicted octanol–water partition coefficient (Wildman–Crippen LogP) is 2.56. The van der Waals surface area contributed by atoms with Gasteiger partial charge in [-0.2, -0.15) is 0 Å². The molecule has 2 N–H and O–H groups in total. The molecule has 2 rings (SSSR count). The van der Waals surface area contributed by atoms with Crippen LogP contribution in [0.3, 0.4) is 0 Å². The molecular formula is C16H23FN2O2. The largest absolute Gasteiger partial charge is 0.444 e. The van der Waals surface area contributed by atoms with Crippen molar-refractivity contribution in [3.63, 3.8) is 0 Å². The number of nitrogens with zero attached hydrogens (tertiary/aromatic N) is 1. The van der Waals surface area contributed by atoms with Crippen molar-refractivity contribution in [1.29, 1.82) is 0 Å². The number of likely N-dealkylation sites (tertiary alicyclic amines) is 1. The highest BCUT2D eigenvalue weighted by molar-refractivity contribution is 5.68. The number of rotatable bonds is 2. The van der Waals surface area contributed by atoms with Crippen LogP contribution >= 0.6 is 0 Å². The van der Waals surface area contributed by atoms with Gasteiger partial charge in [-0.15, -0.1) is 0 Å². The number of ether oxygens (including phenoxy) is 1. The Hall–Kier alpha value is -1.62. The van der Waals surface area contributed by atoms with E-state index in [1.165, 1.54) is 6.07 Å². The molecular weight excluding hydrogens is 271 g/mol. The molecule has 0 radical (unpaired) electrons. The number of carbonyl (C=O) groups excluding carboxylic acids is 1. The summed E-state index contributed by atoms with van der Waals surface area (Å²) in [6, 6.07) is 6.53. The van der Waals surface area contributed by atoms with E-state index in [9.17, 15) is 9.18 Å². The Balaban J connectivity index is 1.98. The number of halogens is 1. The van der Waals surface area contributed by atoms with Gasteiger partial charge in [-0.05, 0) is 44.7 Å². The Labute approximate surface area is 125 Å². The first-order chi connectivity index (χ1) is 9.76. The Bertz CT molecular complexity index is 513. The van der Waals surface area contributed by atoms with Crippen LogP contribution < -0.4 is 5.73 Å². The number of amides is 1. The van der Waals surface area contributed by atoms with Crippen LogP contribution in [0.1, 0.15) is 26.3 Å². The van der Waals surface area contributed by atoms with Gasteiger partial charge in [-0.1, -0.05) is 18.2 Å². The summed E-state index contributed by atoms with van der Waals surface area (Å²) in [5.74, 6) is -0.171. The van der Waals surface area contributed by atoms with Gasteiger partial charge in [0, 0.05) is 19.1 Å². The van der Waals surface area contributed by atoms with Crippen molar-refractivity contribution in [1.82, 2.24) is 4.90 Å². The summed E-state index contributed by atoms with van der Waals surface area (Å²) in [7, 11) is 0. The summed E-state index contributed by atoms with van der Waals surface area (Å²) in [5, 5.41) is 0. The molecule has 1 saturated heterocycles. The number of nitrogens with two attached hydrogens (primary N) is 1. The molecule has 0 saturated carbocycles. The summed E-state index contributed by atoms with van der Waals surface area (Å²) in [4.78, 5) is 13.7. The molecule has 5 heteroatoms. The minimum Gasteiger partial charge on any atom is -0.444 e. The molecule has 0 spiro atoms. The molecule has 1 aromatic carbocycles. The number of carbonyl (C=O) groups is 1. The molecule has 1 aliphatic rings. The first-order valence-electron chi connectivity index (χ1n) is 7.23. The van der Waals surface area contributed by atoms with Crippen LogP contribution in [0.25, 0.3) is 0 Å². The third-order valence-electron chi connectivity index (χ3n) is 3.58. The number of hydrogen-bond donors (Lipinski definition) is 1. The SMILES string of the molecule is CC(C)(C)OC(=O)N1CC(N)C(Cc2ccccc2F)C1. The van der Waals surface area contributed by atoms with Crippen LogP contribution in [0.2, 0.25) is 0 Å². The van der Waals surface area contributed by atoms with Gasteiger partial charge >= 0.3 is 6.09 Å². The van der Waals surface area contributed by atoms with Crippen molar-refractivity contribution in [2.45, 2.75) is 38.8 Å². The average Bonchev–Trinajstić information content (AvgIpc) is 2.72. The summed E-state index contributed by atoms with van der Waals surface area (Å²) >= 11 is 0. The van der Waals surface area contributed by atoms with Gasteiger partial charge in [-0.25, -0.2) is 9.18 Å². The Kier molecular flexibility index (Phi) is 4.52. The van der Waals surface area contributed by atoms with Gasteiger partial charge in [-0.3, -0.25) is 0 Å². The van der Waals surface area contributed by atoms with E-state index in [4.69, 9.17) is 10.5 Å². The van der Waals surface area contributed by atoms with E-state index in [1.807, 2.05) is 26.8 Å². The van der Waals surface area contributed by atoms with Crippen molar-refractivity contribution < 1.29 is 13.9 Å². The van der Waals surface area contributed by atoms with Gasteiger partial charge in [0.2, 0.25) is 0 Å². The molecule has 1 amide bonds. The van der Waals surface area contributed by atoms with Gasteiger partial charge in [0.1, 0.15) is 11.4 Å². The third-order valence-corrected chi connectivity index (χ3v) is 3.58. The van der Waals surface area contributed by atoms with Gasteiger partial charge in [0.15, 0.2) is 0 Å². The second-order valence-corrected chi connectivity index (χ2v) is 6.60. The van der Waals surface area contributed by atoms with E-state index in [2.05, 4.69) is 0 Å². The van der Waals surface area contributed by atoms with Crippen LogP contribution in [0, 0.1) is 11.7 Å². The molecule has 2 unspecified atom stereocenters. The van der Waals surface area contributed by atoms with Crippen molar-refractivity contribution >= 4 is 6.09 Å². The molecule has 21 heavy (non-hydrogen) atoms. The van der Waals surface area contributed by atoms with E-state index in [1.54, 1.807) is 17.0 Å². The lowest BCUT2D eigenvalue weighted by molar-refractivity contribution is 0.0286. The highest BCUT2D eigenvalue weighted by atomic mass is 19.1. The Morgan fingerprint density at radius 3 is 2.67 bits per heavy atom. The van der Waals surface area contributed by atoms with E-state index in [0.29, 0.717) is 25.1 Å². The van der Waals surface area contributed by atoms with Crippen LogP contribution in [-0.2, 0) is 11.2 Å². The fraction of sp³-hybridized carbons (Fsp3) is 0.562. The highest BCUT2D eigenvalue weighted by Gasteiger charge is 2.35. The van der Waals surface area contributed by atoms with Gasteiger partial charge < -0.3 is 15.4 Å². The molecule has 0 aliphatic carbocycles. The van der Waals surface area contributed by atoms with E-state index in [0.717, 1.165) is 0 Å².